The van der Waals surface area contributed by atoms with E-state index in [1.165, 1.54) is 31.1 Å². The molecule has 1 rings (SSSR count). The van der Waals surface area contributed by atoms with E-state index in [1.54, 1.807) is 6.07 Å². The molecule has 0 heterocycles. The van der Waals surface area contributed by atoms with Crippen LogP contribution >= 0.6 is 15.9 Å². The molecule has 0 saturated carbocycles. The number of amides is 1. The summed E-state index contributed by atoms with van der Waals surface area (Å²) in [6.07, 6.45) is 0. The predicted octanol–water partition coefficient (Wildman–Crippen LogP) is 0.893. The van der Waals surface area contributed by atoms with Gasteiger partial charge in [0, 0.05) is 18.6 Å². The monoisotopic (exact) mass is 320 g/mol. The summed E-state index contributed by atoms with van der Waals surface area (Å²) in [5, 5.41) is 0. The van der Waals surface area contributed by atoms with Crippen LogP contribution in [0.3, 0.4) is 0 Å². The van der Waals surface area contributed by atoms with Gasteiger partial charge in [-0.2, -0.15) is 0 Å². The molecule has 94 valence electrons. The highest BCUT2D eigenvalue weighted by atomic mass is 79.9. The van der Waals surface area contributed by atoms with Crippen molar-refractivity contribution in [2.24, 2.45) is 0 Å². The lowest BCUT2D eigenvalue weighted by atomic mass is 10.3. The van der Waals surface area contributed by atoms with E-state index in [0.29, 0.717) is 4.47 Å². The fraction of sp³-hybridized carbons (Fsp3) is 0.300. The average molecular weight is 321 g/mol. The Bertz CT molecular complexity index is 540. The van der Waals surface area contributed by atoms with Crippen LogP contribution in [0.15, 0.2) is 27.6 Å². The van der Waals surface area contributed by atoms with E-state index in [2.05, 4.69) is 15.9 Å². The largest absolute Gasteiger partial charge is 0.398 e. The zero-order chi connectivity index (χ0) is 13.2. The van der Waals surface area contributed by atoms with Gasteiger partial charge in [0.05, 0.1) is 10.6 Å². The second kappa shape index (κ2) is 5.05. The highest BCUT2D eigenvalue weighted by Gasteiger charge is 2.22. The Morgan fingerprint density at radius 3 is 2.47 bits per heavy atom. The van der Waals surface area contributed by atoms with Crippen LogP contribution in [0.2, 0.25) is 0 Å². The van der Waals surface area contributed by atoms with Crippen LogP contribution in [-0.4, -0.2) is 39.1 Å². The standard InChI is InChI=1S/C10H13BrN2O3S/c1-13(2)10(14)6-17(15,16)9-4-3-7(11)5-8(9)12/h3-5H,6,12H2,1-2H3. The topological polar surface area (TPSA) is 80.5 Å². The van der Waals surface area contributed by atoms with Gasteiger partial charge >= 0.3 is 0 Å². The molecule has 0 unspecified atom stereocenters. The molecule has 0 fully saturated rings. The molecule has 0 aliphatic carbocycles. The Morgan fingerprint density at radius 2 is 2.00 bits per heavy atom. The first-order valence-electron chi connectivity index (χ1n) is 4.72. The van der Waals surface area contributed by atoms with Gasteiger partial charge in [0.1, 0.15) is 5.75 Å². The molecule has 5 nitrogen and oxygen atoms in total. The first kappa shape index (κ1) is 14.0. The number of hydrogen-bond donors (Lipinski definition) is 1. The zero-order valence-electron chi connectivity index (χ0n) is 9.47. The van der Waals surface area contributed by atoms with Crippen molar-refractivity contribution < 1.29 is 13.2 Å². The molecule has 7 heteroatoms. The predicted molar refractivity (Wildman–Crippen MR) is 69.3 cm³/mol. The van der Waals surface area contributed by atoms with Crippen LogP contribution in [0.1, 0.15) is 0 Å². The number of carbonyl (C=O) groups excluding carboxylic acids is 1. The minimum atomic E-state index is -3.69. The molecule has 0 bridgehead atoms. The van der Waals surface area contributed by atoms with E-state index in [0.717, 1.165) is 0 Å². The van der Waals surface area contributed by atoms with Crippen molar-refractivity contribution in [2.45, 2.75) is 4.90 Å². The third-order valence-corrected chi connectivity index (χ3v) is 4.28. The molecule has 2 N–H and O–H groups in total. The molecular formula is C10H13BrN2O3S. The normalized spacial score (nSPS) is 11.2. The number of nitrogen functional groups attached to an aromatic ring is 1. The maximum Gasteiger partial charge on any atom is 0.237 e. The summed E-state index contributed by atoms with van der Waals surface area (Å²) >= 11 is 3.19. The third kappa shape index (κ3) is 3.44. The molecule has 17 heavy (non-hydrogen) atoms. The summed E-state index contributed by atoms with van der Waals surface area (Å²) in [5.74, 6) is -1.06. The van der Waals surface area contributed by atoms with Crippen LogP contribution in [0, 0.1) is 0 Å². The number of carbonyl (C=O) groups is 1. The number of nitrogens with two attached hydrogens (primary N) is 1. The Balaban J connectivity index is 3.10. The Hall–Kier alpha value is -1.08. The van der Waals surface area contributed by atoms with Gasteiger partial charge in [-0.3, -0.25) is 4.79 Å². The molecule has 0 saturated heterocycles. The molecule has 0 aromatic heterocycles. The second-order valence-electron chi connectivity index (χ2n) is 3.73. The number of benzene rings is 1. The van der Waals surface area contributed by atoms with E-state index >= 15 is 0 Å². The van der Waals surface area contributed by atoms with Gasteiger partial charge in [-0.15, -0.1) is 0 Å². The minimum Gasteiger partial charge on any atom is -0.398 e. The number of hydrogen-bond acceptors (Lipinski definition) is 4. The van der Waals surface area contributed by atoms with E-state index in [4.69, 9.17) is 5.73 Å². The maximum atomic E-state index is 11.9. The van der Waals surface area contributed by atoms with Crippen LogP contribution in [-0.2, 0) is 14.6 Å². The quantitative estimate of drug-likeness (QED) is 0.839. The molecule has 1 aromatic rings. The fourth-order valence-electron chi connectivity index (χ4n) is 1.17. The first-order valence-corrected chi connectivity index (χ1v) is 7.16. The second-order valence-corrected chi connectivity index (χ2v) is 6.60. The SMILES string of the molecule is CN(C)C(=O)CS(=O)(=O)c1ccc(Br)cc1N. The summed E-state index contributed by atoms with van der Waals surface area (Å²) in [7, 11) is -0.683. The summed E-state index contributed by atoms with van der Waals surface area (Å²) in [6, 6.07) is 4.45. The molecule has 0 spiro atoms. The molecular weight excluding hydrogens is 308 g/mol. The smallest absolute Gasteiger partial charge is 0.237 e. The first-order chi connectivity index (χ1) is 7.74. The summed E-state index contributed by atoms with van der Waals surface area (Å²) in [6.45, 7) is 0. The Morgan fingerprint density at radius 1 is 1.41 bits per heavy atom. The van der Waals surface area contributed by atoms with Gasteiger partial charge in [0.25, 0.3) is 0 Å². The van der Waals surface area contributed by atoms with E-state index in [1.807, 2.05) is 0 Å². The fourth-order valence-corrected chi connectivity index (χ4v) is 2.98. The van der Waals surface area contributed by atoms with E-state index < -0.39 is 21.5 Å². The van der Waals surface area contributed by atoms with Gasteiger partial charge in [0.15, 0.2) is 9.84 Å². The van der Waals surface area contributed by atoms with Crippen LogP contribution in [0.5, 0.6) is 0 Å². The molecule has 1 aromatic carbocycles. The number of sulfone groups is 1. The highest BCUT2D eigenvalue weighted by Crippen LogP contribution is 2.23. The molecule has 0 aliphatic rings. The number of anilines is 1. The lowest BCUT2D eigenvalue weighted by molar-refractivity contribution is -0.125. The zero-order valence-corrected chi connectivity index (χ0v) is 11.9. The summed E-state index contributed by atoms with van der Waals surface area (Å²) in [4.78, 5) is 12.6. The van der Waals surface area contributed by atoms with Gasteiger partial charge < -0.3 is 10.6 Å². The Labute approximate surface area is 109 Å². The Kier molecular flexibility index (Phi) is 4.16. The van der Waals surface area contributed by atoms with Crippen LogP contribution in [0.25, 0.3) is 0 Å². The highest BCUT2D eigenvalue weighted by molar-refractivity contribution is 9.10. The van der Waals surface area contributed by atoms with Gasteiger partial charge in [-0.25, -0.2) is 8.42 Å². The van der Waals surface area contributed by atoms with Crippen LogP contribution < -0.4 is 5.73 Å². The maximum absolute atomic E-state index is 11.9. The number of halogens is 1. The van der Waals surface area contributed by atoms with Crippen molar-refractivity contribution in [3.63, 3.8) is 0 Å². The minimum absolute atomic E-state index is 0.0177. The number of nitrogens with zero attached hydrogens (tertiary/aromatic N) is 1. The average Bonchev–Trinajstić information content (AvgIpc) is 2.15. The third-order valence-electron chi connectivity index (χ3n) is 2.12. The van der Waals surface area contributed by atoms with Gasteiger partial charge in [0.2, 0.25) is 5.91 Å². The van der Waals surface area contributed by atoms with Crippen molar-refractivity contribution in [1.29, 1.82) is 0 Å². The molecule has 0 atom stereocenters. The van der Waals surface area contributed by atoms with Crippen LogP contribution in [0.4, 0.5) is 5.69 Å². The number of rotatable bonds is 3. The molecule has 0 aliphatic heterocycles. The lowest BCUT2D eigenvalue weighted by Crippen LogP contribution is -2.29. The van der Waals surface area contributed by atoms with Gasteiger partial charge in [-0.1, -0.05) is 15.9 Å². The van der Waals surface area contributed by atoms with Gasteiger partial charge in [-0.05, 0) is 18.2 Å². The van der Waals surface area contributed by atoms with Crippen molar-refractivity contribution in [3.05, 3.63) is 22.7 Å². The van der Waals surface area contributed by atoms with Crippen molar-refractivity contribution in [2.75, 3.05) is 25.6 Å². The van der Waals surface area contributed by atoms with Crippen molar-refractivity contribution in [1.82, 2.24) is 4.90 Å². The van der Waals surface area contributed by atoms with Crippen molar-refractivity contribution >= 4 is 37.4 Å². The summed E-state index contributed by atoms with van der Waals surface area (Å²) < 4.78 is 24.6. The van der Waals surface area contributed by atoms with E-state index in [-0.39, 0.29) is 10.6 Å². The van der Waals surface area contributed by atoms with E-state index in [9.17, 15) is 13.2 Å². The lowest BCUT2D eigenvalue weighted by Gasteiger charge is -2.11. The summed E-state index contributed by atoms with van der Waals surface area (Å²) in [5.41, 5.74) is 5.76. The van der Waals surface area contributed by atoms with Crippen molar-refractivity contribution in [3.8, 4) is 0 Å². The molecule has 0 radical (unpaired) electrons. The molecule has 1 amide bonds.